The number of phenols is 1. The molecule has 7 aromatic carbocycles. The van der Waals surface area contributed by atoms with Crippen LogP contribution < -0.4 is 28.4 Å². The van der Waals surface area contributed by atoms with Crippen molar-refractivity contribution in [1.29, 1.82) is 5.26 Å². The highest BCUT2D eigenvalue weighted by Gasteiger charge is 2.14. The van der Waals surface area contributed by atoms with Gasteiger partial charge in [-0.15, -0.1) is 0 Å². The Balaban J connectivity index is 0.772. The van der Waals surface area contributed by atoms with Gasteiger partial charge in [-0.25, -0.2) is 14.4 Å². The van der Waals surface area contributed by atoms with Crippen molar-refractivity contribution in [2.45, 2.75) is 84.0 Å². The van der Waals surface area contributed by atoms with Crippen LogP contribution in [0.3, 0.4) is 0 Å². The summed E-state index contributed by atoms with van der Waals surface area (Å²) in [5, 5.41) is 19.8. The molecule has 0 saturated carbocycles. The number of carbonyl (C=O) groups excluding carboxylic acids is 3. The quantitative estimate of drug-likeness (QED) is 0.0215. The third-order valence-electron chi connectivity index (χ3n) is 12.1. The summed E-state index contributed by atoms with van der Waals surface area (Å²) in [5.41, 5.74) is 4.52. The number of carbonyl (C=O) groups is 3. The minimum Gasteiger partial charge on any atom is -0.507 e. The van der Waals surface area contributed by atoms with Crippen LogP contribution in [0, 0.1) is 11.3 Å². The molecule has 0 saturated heterocycles. The fourth-order valence-electron chi connectivity index (χ4n) is 7.84. The van der Waals surface area contributed by atoms with Crippen molar-refractivity contribution in [3.05, 3.63) is 192 Å². The van der Waals surface area contributed by atoms with Crippen molar-refractivity contribution in [2.75, 3.05) is 19.8 Å². The molecule has 7 rings (SSSR count). The van der Waals surface area contributed by atoms with E-state index in [2.05, 4.69) is 18.0 Å². The molecule has 0 unspecified atom stereocenters. The van der Waals surface area contributed by atoms with E-state index < -0.39 is 17.9 Å². The van der Waals surface area contributed by atoms with Gasteiger partial charge in [0, 0.05) is 23.9 Å². The van der Waals surface area contributed by atoms with Crippen LogP contribution >= 0.6 is 0 Å². The number of benzene rings is 7. The van der Waals surface area contributed by atoms with E-state index in [1.54, 1.807) is 84.9 Å². The van der Waals surface area contributed by atoms with Gasteiger partial charge in [0.15, 0.2) is 0 Å². The minimum atomic E-state index is -0.619. The number of esters is 3. The molecule has 0 bridgehead atoms. The number of aliphatic imine (C=N–C) groups is 1. The number of rotatable bonds is 28. The van der Waals surface area contributed by atoms with Crippen LogP contribution in [0.5, 0.6) is 40.2 Å². The first-order valence-electron chi connectivity index (χ1n) is 25.7. The van der Waals surface area contributed by atoms with E-state index in [9.17, 15) is 19.5 Å². The number of nitriles is 1. The van der Waals surface area contributed by atoms with Crippen molar-refractivity contribution < 1.29 is 47.9 Å². The summed E-state index contributed by atoms with van der Waals surface area (Å²) in [7, 11) is 0. The third-order valence-corrected chi connectivity index (χ3v) is 12.1. The lowest BCUT2D eigenvalue weighted by Crippen LogP contribution is -2.10. The van der Waals surface area contributed by atoms with Gasteiger partial charge in [0.2, 0.25) is 0 Å². The highest BCUT2D eigenvalue weighted by Crippen LogP contribution is 2.28. The number of phenolic OH excluding ortho intramolecular Hbond substituents is 1. The molecule has 1 N–H and O–H groups in total. The topological polar surface area (TPSA) is 163 Å². The van der Waals surface area contributed by atoms with Gasteiger partial charge in [0.1, 0.15) is 40.2 Å². The van der Waals surface area contributed by atoms with Crippen molar-refractivity contribution in [3.8, 4) is 57.4 Å². The molecule has 0 aliphatic rings. The SMILES string of the molecule is CCCCCCCCCCOc1ccc(C(=O)Oc2ccc(C(=O)Oc3cccc(N=Cc4ccc(OC(=O)c5ccc(OCCCCCCOc6ccc(-c7ccc(C#N)cc7)cc6)cc5)cc4O)c3)cc2)cc1. The number of nitrogens with zero attached hydrogens (tertiary/aromatic N) is 2. The second-order valence-corrected chi connectivity index (χ2v) is 17.9. The van der Waals surface area contributed by atoms with E-state index in [0.29, 0.717) is 59.3 Å². The summed E-state index contributed by atoms with van der Waals surface area (Å²) < 4.78 is 34.3. The Bertz CT molecular complexity index is 2980. The van der Waals surface area contributed by atoms with Gasteiger partial charge in [-0.05, 0) is 165 Å². The first-order valence-corrected chi connectivity index (χ1v) is 25.7. The van der Waals surface area contributed by atoms with E-state index >= 15 is 0 Å². The Morgan fingerprint density at radius 1 is 0.467 bits per heavy atom. The maximum Gasteiger partial charge on any atom is 0.343 e. The van der Waals surface area contributed by atoms with Gasteiger partial charge in [-0.3, -0.25) is 4.99 Å². The van der Waals surface area contributed by atoms with Gasteiger partial charge < -0.3 is 33.5 Å². The predicted molar refractivity (Wildman–Crippen MR) is 290 cm³/mol. The first-order chi connectivity index (χ1) is 36.7. The van der Waals surface area contributed by atoms with Crippen LogP contribution in [0.25, 0.3) is 11.1 Å². The van der Waals surface area contributed by atoms with Gasteiger partial charge >= 0.3 is 17.9 Å². The lowest BCUT2D eigenvalue weighted by atomic mass is 10.0. The van der Waals surface area contributed by atoms with Crippen LogP contribution in [0.15, 0.2) is 169 Å². The summed E-state index contributed by atoms with van der Waals surface area (Å²) >= 11 is 0. The van der Waals surface area contributed by atoms with E-state index in [4.69, 9.17) is 33.7 Å². The summed E-state index contributed by atoms with van der Waals surface area (Å²) in [5.74, 6) is 0.932. The zero-order valence-corrected chi connectivity index (χ0v) is 42.3. The normalized spacial score (nSPS) is 10.9. The van der Waals surface area contributed by atoms with Crippen molar-refractivity contribution in [1.82, 2.24) is 0 Å². The maximum absolute atomic E-state index is 13.0. The standard InChI is InChI=1S/C63H62N2O10/c1-2-3-4-5-6-7-8-11-39-71-55-32-23-49(24-33-55)61(67)73-57-36-27-51(28-37-57)62(68)74-58-16-14-15-53(42-58)65-45-52-29-38-59(43-60(52)66)75-63(69)50-25-34-56(35-26-50)72-41-13-10-9-12-40-70-54-30-21-48(22-31-54)47-19-17-46(44-64)18-20-47/h14-38,42-43,45,66H,2-13,39-41H2,1H3. The molecular weight excluding hydrogens is 945 g/mol. The van der Waals surface area contributed by atoms with E-state index in [1.165, 1.54) is 75.1 Å². The van der Waals surface area contributed by atoms with Crippen molar-refractivity contribution in [2.24, 2.45) is 4.99 Å². The molecule has 0 fully saturated rings. The molecule has 75 heavy (non-hydrogen) atoms. The zero-order chi connectivity index (χ0) is 52.5. The summed E-state index contributed by atoms with van der Waals surface area (Å²) in [6.07, 6.45) is 15.1. The van der Waals surface area contributed by atoms with Crippen molar-refractivity contribution >= 4 is 29.8 Å². The van der Waals surface area contributed by atoms with Gasteiger partial charge in [-0.2, -0.15) is 5.26 Å². The molecule has 0 heterocycles. The molecule has 12 heteroatoms. The average Bonchev–Trinajstić information content (AvgIpc) is 3.44. The monoisotopic (exact) mass is 1010 g/mol. The minimum absolute atomic E-state index is 0.151. The van der Waals surface area contributed by atoms with Gasteiger partial charge in [0.25, 0.3) is 0 Å². The molecule has 7 aromatic rings. The smallest absolute Gasteiger partial charge is 0.343 e. The highest BCUT2D eigenvalue weighted by atomic mass is 16.5. The number of hydrogen-bond acceptors (Lipinski definition) is 12. The molecular formula is C63H62N2O10. The summed E-state index contributed by atoms with van der Waals surface area (Å²) in [4.78, 5) is 43.2. The molecule has 0 aliphatic heterocycles. The third kappa shape index (κ3) is 17.8. The largest absolute Gasteiger partial charge is 0.507 e. The molecule has 0 amide bonds. The molecule has 12 nitrogen and oxygen atoms in total. The molecule has 0 aromatic heterocycles. The first kappa shape index (κ1) is 54.1. The van der Waals surface area contributed by atoms with Crippen LogP contribution in [0.4, 0.5) is 5.69 Å². The molecule has 0 aliphatic carbocycles. The fraction of sp³-hybridized carbons (Fsp3) is 0.254. The summed E-state index contributed by atoms with van der Waals surface area (Å²) in [6.45, 7) is 4.03. The van der Waals surface area contributed by atoms with Gasteiger partial charge in [-0.1, -0.05) is 82.2 Å². The molecule has 0 radical (unpaired) electrons. The Labute approximate surface area is 439 Å². The predicted octanol–water partition coefficient (Wildman–Crippen LogP) is 14.9. The Hall–Kier alpha value is -8.69. The van der Waals surface area contributed by atoms with Crippen LogP contribution in [-0.4, -0.2) is 49.0 Å². The van der Waals surface area contributed by atoms with E-state index in [0.717, 1.165) is 55.4 Å². The van der Waals surface area contributed by atoms with Crippen LogP contribution in [0.2, 0.25) is 0 Å². The lowest BCUT2D eigenvalue weighted by molar-refractivity contribution is 0.0723. The number of ether oxygens (including phenoxy) is 6. The second-order valence-electron chi connectivity index (χ2n) is 17.9. The van der Waals surface area contributed by atoms with Crippen LogP contribution in [-0.2, 0) is 0 Å². The van der Waals surface area contributed by atoms with Gasteiger partial charge in [0.05, 0.1) is 53.8 Å². The zero-order valence-electron chi connectivity index (χ0n) is 42.3. The van der Waals surface area contributed by atoms with Crippen molar-refractivity contribution in [3.63, 3.8) is 0 Å². The second kappa shape index (κ2) is 29.1. The van der Waals surface area contributed by atoms with E-state index in [-0.39, 0.29) is 28.6 Å². The highest BCUT2D eigenvalue weighted by molar-refractivity contribution is 5.93. The fourth-order valence-corrected chi connectivity index (χ4v) is 7.84. The van der Waals surface area contributed by atoms with Crippen LogP contribution in [0.1, 0.15) is 126 Å². The molecule has 0 spiro atoms. The number of aromatic hydroxyl groups is 1. The summed E-state index contributed by atoms with van der Waals surface area (Å²) in [6, 6.07) is 48.2. The number of hydrogen-bond donors (Lipinski definition) is 1. The maximum atomic E-state index is 13.0. The average molecular weight is 1010 g/mol. The Morgan fingerprint density at radius 3 is 1.33 bits per heavy atom. The Morgan fingerprint density at radius 2 is 0.867 bits per heavy atom. The molecule has 384 valence electrons. The lowest BCUT2D eigenvalue weighted by Gasteiger charge is -2.09. The number of unbranched alkanes of at least 4 members (excludes halogenated alkanes) is 10. The van der Waals surface area contributed by atoms with E-state index in [1.807, 2.05) is 48.5 Å². The molecule has 0 atom stereocenters. The Kier molecular flexibility index (Phi) is 21.0.